The van der Waals surface area contributed by atoms with Crippen molar-refractivity contribution >= 4 is 21.4 Å². The van der Waals surface area contributed by atoms with Crippen LogP contribution in [0.5, 0.6) is 0 Å². The average molecular weight is 325 g/mol. The van der Waals surface area contributed by atoms with Crippen molar-refractivity contribution in [1.82, 2.24) is 0 Å². The first-order valence-electron chi connectivity index (χ1n) is 5.09. The number of halogens is 4. The molecule has 0 aliphatic heterocycles. The molecule has 0 atom stereocenters. The number of thiophene rings is 1. The molecule has 0 spiro atoms. The van der Waals surface area contributed by atoms with Crippen molar-refractivity contribution in [3.05, 3.63) is 41.7 Å². The molecule has 2 aromatic rings. The highest BCUT2D eigenvalue weighted by Crippen LogP contribution is 2.36. The molecular formula is C11H7F4NO2S2. The molecule has 108 valence electrons. The molecule has 1 aromatic carbocycles. The molecule has 2 N–H and O–H groups in total. The number of rotatable bonds is 2. The molecule has 0 fully saturated rings. The van der Waals surface area contributed by atoms with Crippen molar-refractivity contribution in [3.8, 4) is 10.4 Å². The zero-order valence-corrected chi connectivity index (χ0v) is 11.2. The van der Waals surface area contributed by atoms with Gasteiger partial charge in [-0.15, -0.1) is 11.3 Å². The minimum atomic E-state index is -4.82. The maximum absolute atomic E-state index is 13.1. The monoisotopic (exact) mass is 325 g/mol. The SMILES string of the molecule is NS(=O)(=O)c1ccc(-c2ccc(F)c(C(F)(F)F)c2)s1. The van der Waals surface area contributed by atoms with Crippen molar-refractivity contribution in [3.63, 3.8) is 0 Å². The fraction of sp³-hybridized carbons (Fsp3) is 0.0909. The van der Waals surface area contributed by atoms with E-state index in [0.29, 0.717) is 23.5 Å². The lowest BCUT2D eigenvalue weighted by atomic mass is 10.1. The van der Waals surface area contributed by atoms with Gasteiger partial charge in [-0.2, -0.15) is 13.2 Å². The van der Waals surface area contributed by atoms with Gasteiger partial charge in [-0.3, -0.25) is 0 Å². The van der Waals surface area contributed by atoms with Gasteiger partial charge in [-0.1, -0.05) is 6.07 Å². The van der Waals surface area contributed by atoms with Gasteiger partial charge in [0.15, 0.2) is 0 Å². The maximum Gasteiger partial charge on any atom is 0.419 e. The number of sulfonamides is 1. The van der Waals surface area contributed by atoms with Crippen molar-refractivity contribution in [2.24, 2.45) is 5.14 Å². The summed E-state index contributed by atoms with van der Waals surface area (Å²) in [6.07, 6.45) is -4.82. The molecular weight excluding hydrogens is 318 g/mol. The van der Waals surface area contributed by atoms with Crippen LogP contribution < -0.4 is 5.14 Å². The van der Waals surface area contributed by atoms with Crippen molar-refractivity contribution < 1.29 is 26.0 Å². The molecule has 1 aromatic heterocycles. The van der Waals surface area contributed by atoms with Crippen molar-refractivity contribution in [2.45, 2.75) is 10.4 Å². The second-order valence-corrected chi connectivity index (χ2v) is 6.73. The Hall–Kier alpha value is -1.45. The predicted octanol–water partition coefficient (Wildman–Crippen LogP) is 3.22. The Morgan fingerprint density at radius 2 is 1.75 bits per heavy atom. The van der Waals surface area contributed by atoms with Gasteiger partial charge in [0.05, 0.1) is 5.56 Å². The molecule has 0 aliphatic carbocycles. The summed E-state index contributed by atoms with van der Waals surface area (Å²) >= 11 is 0.715. The first-order chi connectivity index (χ1) is 9.09. The van der Waals surface area contributed by atoms with E-state index in [1.54, 1.807) is 0 Å². The van der Waals surface area contributed by atoms with Gasteiger partial charge in [-0.25, -0.2) is 17.9 Å². The van der Waals surface area contributed by atoms with E-state index in [0.717, 1.165) is 6.07 Å². The average Bonchev–Trinajstić information content (AvgIpc) is 2.77. The Morgan fingerprint density at radius 3 is 2.25 bits per heavy atom. The summed E-state index contributed by atoms with van der Waals surface area (Å²) in [5.41, 5.74) is -1.33. The number of benzene rings is 1. The van der Waals surface area contributed by atoms with Crippen LogP contribution in [0.4, 0.5) is 17.6 Å². The van der Waals surface area contributed by atoms with Gasteiger partial charge < -0.3 is 0 Å². The van der Waals surface area contributed by atoms with E-state index in [1.807, 2.05) is 0 Å². The van der Waals surface area contributed by atoms with Crippen LogP contribution >= 0.6 is 11.3 Å². The molecule has 1 heterocycles. The van der Waals surface area contributed by atoms with Gasteiger partial charge in [-0.05, 0) is 29.8 Å². The Labute approximate surface area is 115 Å². The first-order valence-corrected chi connectivity index (χ1v) is 7.45. The molecule has 9 heteroatoms. The fourth-order valence-corrected chi connectivity index (χ4v) is 3.25. The molecule has 20 heavy (non-hydrogen) atoms. The molecule has 0 aliphatic rings. The van der Waals surface area contributed by atoms with Crippen molar-refractivity contribution in [1.29, 1.82) is 0 Å². The Bertz CT molecular complexity index is 750. The number of alkyl halides is 3. The van der Waals surface area contributed by atoms with Crippen LogP contribution in [-0.2, 0) is 16.2 Å². The summed E-state index contributed by atoms with van der Waals surface area (Å²) < 4.78 is 72.9. The third kappa shape index (κ3) is 3.00. The van der Waals surface area contributed by atoms with Crippen LogP contribution in [0.25, 0.3) is 10.4 Å². The summed E-state index contributed by atoms with van der Waals surface area (Å²) in [6, 6.07) is 4.97. The van der Waals surface area contributed by atoms with E-state index in [9.17, 15) is 26.0 Å². The molecule has 0 saturated heterocycles. The Balaban J connectivity index is 2.52. The van der Waals surface area contributed by atoms with E-state index in [-0.39, 0.29) is 14.6 Å². The first kappa shape index (κ1) is 14.9. The van der Waals surface area contributed by atoms with Crippen LogP contribution in [0.1, 0.15) is 5.56 Å². The van der Waals surface area contributed by atoms with Crippen molar-refractivity contribution in [2.75, 3.05) is 0 Å². The van der Waals surface area contributed by atoms with E-state index >= 15 is 0 Å². The third-order valence-electron chi connectivity index (χ3n) is 2.42. The van der Waals surface area contributed by atoms with Crippen LogP contribution in [-0.4, -0.2) is 8.42 Å². The highest BCUT2D eigenvalue weighted by atomic mass is 32.2. The minimum Gasteiger partial charge on any atom is -0.224 e. The normalized spacial score (nSPS) is 12.7. The molecule has 3 nitrogen and oxygen atoms in total. The largest absolute Gasteiger partial charge is 0.419 e. The van der Waals surface area contributed by atoms with E-state index in [1.165, 1.54) is 12.1 Å². The molecule has 0 bridgehead atoms. The van der Waals surface area contributed by atoms with E-state index < -0.39 is 27.6 Å². The number of hydrogen-bond donors (Lipinski definition) is 1. The summed E-state index contributed by atoms with van der Waals surface area (Å²) in [6.45, 7) is 0. The molecule has 0 unspecified atom stereocenters. The molecule has 2 rings (SSSR count). The quantitative estimate of drug-likeness (QED) is 0.862. The Kier molecular flexibility index (Phi) is 3.61. The summed E-state index contributed by atoms with van der Waals surface area (Å²) in [5, 5.41) is 4.91. The summed E-state index contributed by atoms with van der Waals surface area (Å²) in [5.74, 6) is -1.38. The van der Waals surface area contributed by atoms with Crippen LogP contribution in [0.2, 0.25) is 0 Å². The molecule has 0 radical (unpaired) electrons. The smallest absolute Gasteiger partial charge is 0.224 e. The second kappa shape index (κ2) is 4.83. The summed E-state index contributed by atoms with van der Waals surface area (Å²) in [4.78, 5) is 0.250. The topological polar surface area (TPSA) is 60.2 Å². The van der Waals surface area contributed by atoms with E-state index in [2.05, 4.69) is 0 Å². The standard InChI is InChI=1S/C11H7F4NO2S2/c12-8-2-1-6(5-7(8)11(13,14)15)9-3-4-10(19-9)20(16,17)18/h1-5H,(H2,16,17,18). The van der Waals surface area contributed by atoms with Crippen LogP contribution in [0, 0.1) is 5.82 Å². The highest BCUT2D eigenvalue weighted by molar-refractivity contribution is 7.91. The number of nitrogens with two attached hydrogens (primary N) is 1. The minimum absolute atomic E-state index is 0.0682. The van der Waals surface area contributed by atoms with Gasteiger partial charge in [0, 0.05) is 4.88 Å². The summed E-state index contributed by atoms with van der Waals surface area (Å²) in [7, 11) is -3.91. The lowest BCUT2D eigenvalue weighted by Crippen LogP contribution is -2.09. The zero-order valence-electron chi connectivity index (χ0n) is 9.61. The lowest BCUT2D eigenvalue weighted by molar-refractivity contribution is -0.139. The predicted molar refractivity (Wildman–Crippen MR) is 66.1 cm³/mol. The van der Waals surface area contributed by atoms with Gasteiger partial charge in [0.1, 0.15) is 10.0 Å². The lowest BCUT2D eigenvalue weighted by Gasteiger charge is -2.09. The van der Waals surface area contributed by atoms with Crippen LogP contribution in [0.3, 0.4) is 0 Å². The van der Waals surface area contributed by atoms with E-state index in [4.69, 9.17) is 5.14 Å². The van der Waals surface area contributed by atoms with Gasteiger partial charge in [0.25, 0.3) is 0 Å². The molecule has 0 saturated carbocycles. The molecule has 0 amide bonds. The number of hydrogen-bond acceptors (Lipinski definition) is 3. The third-order valence-corrected chi connectivity index (χ3v) is 4.99. The second-order valence-electron chi connectivity index (χ2n) is 3.86. The van der Waals surface area contributed by atoms with Gasteiger partial charge in [0.2, 0.25) is 10.0 Å². The maximum atomic E-state index is 13.1. The van der Waals surface area contributed by atoms with Crippen LogP contribution in [0.15, 0.2) is 34.5 Å². The fourth-order valence-electron chi connectivity index (χ4n) is 1.52. The number of primary sulfonamides is 1. The zero-order chi connectivity index (χ0) is 15.1. The Morgan fingerprint density at radius 1 is 1.10 bits per heavy atom. The highest BCUT2D eigenvalue weighted by Gasteiger charge is 2.34. The van der Waals surface area contributed by atoms with Gasteiger partial charge >= 0.3 is 6.18 Å².